The number of hydrogen-bond acceptors (Lipinski definition) is 7. The Morgan fingerprint density at radius 2 is 2.14 bits per heavy atom. The first-order valence-electron chi connectivity index (χ1n) is 8.75. The number of aromatic nitrogens is 2. The highest BCUT2D eigenvalue weighted by atomic mass is 79.9. The van der Waals surface area contributed by atoms with E-state index >= 15 is 0 Å². The number of amidine groups is 1. The van der Waals surface area contributed by atoms with Gasteiger partial charge in [0.15, 0.2) is 11.5 Å². The first-order chi connectivity index (χ1) is 13.2. The Labute approximate surface area is 171 Å². The van der Waals surface area contributed by atoms with Crippen molar-refractivity contribution in [1.82, 2.24) is 15.8 Å². The third-order valence-corrected chi connectivity index (χ3v) is 7.18. The third kappa shape index (κ3) is 6.08. The normalized spacial score (nSPS) is 14.3. The number of benzene rings is 1. The molecule has 1 unspecified atom stereocenters. The second-order valence-electron chi connectivity index (χ2n) is 6.52. The van der Waals surface area contributed by atoms with Crippen LogP contribution < -0.4 is 5.48 Å². The highest BCUT2D eigenvalue weighted by molar-refractivity contribution is 9.10. The molecule has 154 valence electrons. The van der Waals surface area contributed by atoms with Crippen molar-refractivity contribution in [3.05, 3.63) is 39.9 Å². The lowest BCUT2D eigenvalue weighted by Crippen LogP contribution is -2.22. The minimum absolute atomic E-state index is 0.0312. The minimum Gasteiger partial charge on any atom is -0.290 e. The number of aryl methyl sites for hydroxylation is 1. The zero-order valence-corrected chi connectivity index (χ0v) is 18.0. The molecule has 1 aromatic heterocycles. The predicted molar refractivity (Wildman–Crippen MR) is 108 cm³/mol. The first kappa shape index (κ1) is 22.4. The van der Waals surface area contributed by atoms with E-state index in [2.05, 4.69) is 31.2 Å². The van der Waals surface area contributed by atoms with Crippen molar-refractivity contribution in [3.63, 3.8) is 0 Å². The quantitative estimate of drug-likeness (QED) is 0.216. The average molecular weight is 476 g/mol. The lowest BCUT2D eigenvalue weighted by atomic mass is 10.1. The molecule has 1 heterocycles. The molecule has 0 spiro atoms. The van der Waals surface area contributed by atoms with Crippen LogP contribution in [0.4, 0.5) is 10.1 Å². The van der Waals surface area contributed by atoms with E-state index in [1.165, 1.54) is 18.2 Å². The fourth-order valence-electron chi connectivity index (χ4n) is 2.39. The van der Waals surface area contributed by atoms with E-state index in [0.717, 1.165) is 12.8 Å². The van der Waals surface area contributed by atoms with Gasteiger partial charge in [-0.15, -0.1) is 0 Å². The third-order valence-electron chi connectivity index (χ3n) is 4.15. The highest BCUT2D eigenvalue weighted by Gasteiger charge is 2.17. The summed E-state index contributed by atoms with van der Waals surface area (Å²) >= 11 is 3.09. The molecule has 0 saturated heterocycles. The Morgan fingerprint density at radius 1 is 1.39 bits per heavy atom. The topological polar surface area (TPSA) is 124 Å². The fraction of sp³-hybridized carbons (Fsp3) is 0.471. The van der Waals surface area contributed by atoms with Crippen molar-refractivity contribution in [2.45, 2.75) is 44.8 Å². The SMILES string of the molecule is CC(C)S(=N)(=O)CCCCCc1nonc1C(=Nc1ccc(F)c(Br)c1)NO. The molecule has 0 aliphatic carbocycles. The van der Waals surface area contributed by atoms with Crippen molar-refractivity contribution >= 4 is 37.2 Å². The Kier molecular flexibility index (Phi) is 8.08. The van der Waals surface area contributed by atoms with Crippen LogP contribution in [0.3, 0.4) is 0 Å². The van der Waals surface area contributed by atoms with E-state index in [4.69, 9.17) is 9.41 Å². The molecule has 0 saturated carbocycles. The summed E-state index contributed by atoms with van der Waals surface area (Å²) < 4.78 is 38.2. The van der Waals surface area contributed by atoms with Crippen LogP contribution in [0.2, 0.25) is 0 Å². The number of halogens is 2. The van der Waals surface area contributed by atoms with Gasteiger partial charge in [0.05, 0.1) is 10.2 Å². The Hall–Kier alpha value is -1.85. The van der Waals surface area contributed by atoms with Gasteiger partial charge in [0.2, 0.25) is 0 Å². The Bertz CT molecular complexity index is 931. The largest absolute Gasteiger partial charge is 0.290 e. The number of rotatable bonds is 9. The summed E-state index contributed by atoms with van der Waals surface area (Å²) in [5.74, 6) is -0.0158. The van der Waals surface area contributed by atoms with Crippen LogP contribution in [-0.2, 0) is 16.1 Å². The molecule has 0 aliphatic rings. The molecule has 2 rings (SSSR count). The van der Waals surface area contributed by atoms with Gasteiger partial charge in [-0.25, -0.2) is 18.2 Å². The number of unbranched alkanes of at least 4 members (excludes halogenated alkanes) is 2. The standard InChI is InChI=1S/C17H23BrFN5O3S/c1-11(2)28(20,26)9-5-3-4-6-15-16(24-27-23-15)17(22-25)21-12-7-8-14(19)13(18)10-12/h7-8,10-11,20,25H,3-6,9H2,1-2H3,(H,21,22). The smallest absolute Gasteiger partial charge is 0.181 e. The van der Waals surface area contributed by atoms with Crippen LogP contribution in [0.5, 0.6) is 0 Å². The lowest BCUT2D eigenvalue weighted by molar-refractivity contribution is 0.234. The monoisotopic (exact) mass is 475 g/mol. The van der Waals surface area contributed by atoms with Crippen LogP contribution in [-0.4, -0.2) is 36.6 Å². The maximum atomic E-state index is 13.3. The number of hydrogen-bond donors (Lipinski definition) is 3. The second-order valence-corrected chi connectivity index (χ2v) is 10.2. The Balaban J connectivity index is 2.01. The maximum Gasteiger partial charge on any atom is 0.181 e. The van der Waals surface area contributed by atoms with E-state index in [1.807, 2.05) is 5.48 Å². The van der Waals surface area contributed by atoms with Gasteiger partial charge < -0.3 is 0 Å². The molecule has 28 heavy (non-hydrogen) atoms. The van der Waals surface area contributed by atoms with E-state index in [1.54, 1.807) is 13.8 Å². The lowest BCUT2D eigenvalue weighted by Gasteiger charge is -2.10. The van der Waals surface area contributed by atoms with E-state index in [9.17, 15) is 13.8 Å². The molecule has 0 aliphatic heterocycles. The first-order valence-corrected chi connectivity index (χ1v) is 11.3. The molecule has 1 atom stereocenters. The highest BCUT2D eigenvalue weighted by Crippen LogP contribution is 2.23. The molecule has 0 radical (unpaired) electrons. The second kappa shape index (κ2) is 10.1. The number of nitrogens with zero attached hydrogens (tertiary/aromatic N) is 3. The molecule has 1 aromatic carbocycles. The van der Waals surface area contributed by atoms with E-state index < -0.39 is 15.5 Å². The van der Waals surface area contributed by atoms with E-state index in [0.29, 0.717) is 30.0 Å². The van der Waals surface area contributed by atoms with Crippen LogP contribution in [0.15, 0.2) is 32.3 Å². The van der Waals surface area contributed by atoms with Gasteiger partial charge in [-0.2, -0.15) is 0 Å². The van der Waals surface area contributed by atoms with Crippen LogP contribution in [0.25, 0.3) is 0 Å². The van der Waals surface area contributed by atoms with Gasteiger partial charge in [-0.05, 0) is 58.5 Å². The molecule has 8 nitrogen and oxygen atoms in total. The maximum absolute atomic E-state index is 13.3. The molecule has 3 N–H and O–H groups in total. The molecule has 2 aromatic rings. The van der Waals surface area contributed by atoms with Crippen LogP contribution in [0.1, 0.15) is 44.5 Å². The van der Waals surface area contributed by atoms with E-state index in [-0.39, 0.29) is 21.3 Å². The Morgan fingerprint density at radius 3 is 2.79 bits per heavy atom. The van der Waals surface area contributed by atoms with Crippen molar-refractivity contribution in [1.29, 1.82) is 4.78 Å². The molecule has 0 amide bonds. The van der Waals surface area contributed by atoms with Gasteiger partial charge in [0, 0.05) is 20.7 Å². The number of hydroxylamine groups is 1. The summed E-state index contributed by atoms with van der Waals surface area (Å²) in [7, 11) is -2.54. The van der Waals surface area contributed by atoms with Gasteiger partial charge in [0.1, 0.15) is 11.5 Å². The summed E-state index contributed by atoms with van der Waals surface area (Å²) in [4.78, 5) is 4.21. The van der Waals surface area contributed by atoms with Crippen LogP contribution in [0, 0.1) is 10.6 Å². The zero-order valence-electron chi connectivity index (χ0n) is 15.6. The fourth-order valence-corrected chi connectivity index (χ4v) is 3.86. The van der Waals surface area contributed by atoms with Gasteiger partial charge in [-0.1, -0.05) is 25.4 Å². The van der Waals surface area contributed by atoms with Gasteiger partial charge in [0.25, 0.3) is 0 Å². The molecule has 11 heteroatoms. The van der Waals surface area contributed by atoms with Crippen molar-refractivity contribution in [2.75, 3.05) is 5.75 Å². The summed E-state index contributed by atoms with van der Waals surface area (Å²) in [5.41, 5.74) is 3.15. The summed E-state index contributed by atoms with van der Waals surface area (Å²) in [5, 5.41) is 16.9. The molecular formula is C17H23BrFN5O3S. The van der Waals surface area contributed by atoms with Crippen molar-refractivity contribution in [3.8, 4) is 0 Å². The number of nitrogens with one attached hydrogen (secondary N) is 2. The summed E-state index contributed by atoms with van der Waals surface area (Å²) in [6.07, 6.45) is 2.71. The summed E-state index contributed by atoms with van der Waals surface area (Å²) in [6.45, 7) is 3.59. The van der Waals surface area contributed by atoms with Crippen molar-refractivity contribution in [2.24, 2.45) is 4.99 Å². The zero-order chi connectivity index (χ0) is 20.7. The number of aliphatic imine (C=N–C) groups is 1. The van der Waals surface area contributed by atoms with Gasteiger partial charge >= 0.3 is 0 Å². The van der Waals surface area contributed by atoms with Crippen molar-refractivity contribution < 1.29 is 18.4 Å². The molecular weight excluding hydrogens is 453 g/mol. The predicted octanol–water partition coefficient (Wildman–Crippen LogP) is 4.20. The molecule has 0 fully saturated rings. The molecule has 0 bridgehead atoms. The van der Waals surface area contributed by atoms with Crippen LogP contribution >= 0.6 is 15.9 Å². The summed E-state index contributed by atoms with van der Waals surface area (Å²) in [6, 6.07) is 4.17. The minimum atomic E-state index is -2.54. The average Bonchev–Trinajstić information content (AvgIpc) is 3.10. The van der Waals surface area contributed by atoms with Gasteiger partial charge in [-0.3, -0.25) is 15.5 Å².